The number of hydrogen-bond acceptors (Lipinski definition) is 9. The van der Waals surface area contributed by atoms with E-state index in [1.54, 1.807) is 18.2 Å². The van der Waals surface area contributed by atoms with Gasteiger partial charge in [-0.1, -0.05) is 30.3 Å². The number of aliphatic hydroxyl groups is 1. The second-order valence-corrected chi connectivity index (χ2v) is 7.89. The number of carbonyl (C=O) groups excluding carboxylic acids is 3. The number of nitrogens with zero attached hydrogens (tertiary/aromatic N) is 2. The molecule has 11 heteroatoms. The van der Waals surface area contributed by atoms with E-state index in [-0.39, 0.29) is 22.6 Å². The number of nitro benzene ring substituents is 1. The quantitative estimate of drug-likeness (QED) is 0.123. The van der Waals surface area contributed by atoms with Crippen molar-refractivity contribution in [2.45, 2.75) is 5.66 Å². The van der Waals surface area contributed by atoms with Crippen LogP contribution < -0.4 is 15.0 Å². The Morgan fingerprint density at radius 1 is 0.973 bits per heavy atom. The van der Waals surface area contributed by atoms with Gasteiger partial charge in [-0.15, -0.1) is 0 Å². The van der Waals surface area contributed by atoms with E-state index >= 15 is 0 Å². The van der Waals surface area contributed by atoms with Gasteiger partial charge in [-0.3, -0.25) is 24.6 Å². The van der Waals surface area contributed by atoms with Crippen LogP contribution in [0.5, 0.6) is 5.75 Å². The summed E-state index contributed by atoms with van der Waals surface area (Å²) < 4.78 is 10.2. The van der Waals surface area contributed by atoms with Crippen molar-refractivity contribution in [1.82, 2.24) is 0 Å². The normalized spacial score (nSPS) is 18.4. The van der Waals surface area contributed by atoms with Gasteiger partial charge < -0.3 is 19.9 Å². The summed E-state index contributed by atoms with van der Waals surface area (Å²) in [7, 11) is 2.52. The molecular formula is C26H21N3O8. The van der Waals surface area contributed by atoms with Crippen LogP contribution in [0, 0.1) is 10.1 Å². The molecule has 0 saturated carbocycles. The molecule has 37 heavy (non-hydrogen) atoms. The van der Waals surface area contributed by atoms with Gasteiger partial charge in [-0.2, -0.15) is 0 Å². The number of nitrogens with one attached hydrogen (secondary N) is 1. The Morgan fingerprint density at radius 2 is 1.59 bits per heavy atom. The van der Waals surface area contributed by atoms with Crippen LogP contribution in [0.1, 0.15) is 5.56 Å². The van der Waals surface area contributed by atoms with Crippen molar-refractivity contribution >= 4 is 40.5 Å². The first-order chi connectivity index (χ1) is 17.7. The Hall–Kier alpha value is -5.19. The summed E-state index contributed by atoms with van der Waals surface area (Å²) in [6.45, 7) is 0. The SMILES string of the molecule is COC(=O)C1(Nc2ccc([N+](=O)[O-])cc2)C(=C(O)c2ccccc2)C(=O)C(=O)N1c1ccc(OC)cc1. The van der Waals surface area contributed by atoms with E-state index in [4.69, 9.17) is 9.47 Å². The predicted octanol–water partition coefficient (Wildman–Crippen LogP) is 3.47. The van der Waals surface area contributed by atoms with Gasteiger partial charge in [-0.25, -0.2) is 4.79 Å². The summed E-state index contributed by atoms with van der Waals surface area (Å²) in [6, 6.07) is 18.9. The van der Waals surface area contributed by atoms with Gasteiger partial charge in [0.05, 0.1) is 19.1 Å². The number of aliphatic hydroxyl groups excluding tert-OH is 1. The van der Waals surface area contributed by atoms with E-state index in [0.29, 0.717) is 5.75 Å². The van der Waals surface area contributed by atoms with Crippen molar-refractivity contribution in [3.63, 3.8) is 0 Å². The van der Waals surface area contributed by atoms with E-state index in [1.165, 1.54) is 67.8 Å². The first-order valence-corrected chi connectivity index (χ1v) is 10.9. The maximum atomic E-state index is 13.6. The van der Waals surface area contributed by atoms with Crippen LogP contribution in [-0.2, 0) is 19.1 Å². The highest BCUT2D eigenvalue weighted by Crippen LogP contribution is 2.42. The van der Waals surface area contributed by atoms with Gasteiger partial charge in [0, 0.05) is 29.1 Å². The molecule has 188 valence electrons. The molecule has 0 radical (unpaired) electrons. The standard InChI is InChI=1S/C26H21N3O8/c1-36-20-14-12-18(13-15-20)28-24(32)23(31)21(22(30)16-6-4-3-5-7-16)26(28,25(33)37-2)27-17-8-10-19(11-9-17)29(34)35/h3-15,27,30H,1-2H3. The number of amides is 1. The number of hydrogen-bond donors (Lipinski definition) is 2. The molecule has 1 heterocycles. The molecule has 1 unspecified atom stereocenters. The van der Waals surface area contributed by atoms with Crippen LogP contribution in [0.4, 0.5) is 17.1 Å². The smallest absolute Gasteiger partial charge is 0.358 e. The van der Waals surface area contributed by atoms with Gasteiger partial charge in [0.2, 0.25) is 0 Å². The van der Waals surface area contributed by atoms with Crippen LogP contribution in [0.25, 0.3) is 5.76 Å². The third kappa shape index (κ3) is 4.22. The van der Waals surface area contributed by atoms with Crippen LogP contribution in [0.2, 0.25) is 0 Å². The van der Waals surface area contributed by atoms with Crippen molar-refractivity contribution in [3.05, 3.63) is 100 Å². The Morgan fingerprint density at radius 3 is 2.14 bits per heavy atom. The molecule has 0 spiro atoms. The summed E-state index contributed by atoms with van der Waals surface area (Å²) >= 11 is 0. The minimum Gasteiger partial charge on any atom is -0.507 e. The molecule has 0 aliphatic carbocycles. The molecule has 11 nitrogen and oxygen atoms in total. The molecular weight excluding hydrogens is 482 g/mol. The highest BCUT2D eigenvalue weighted by molar-refractivity contribution is 6.54. The number of benzene rings is 3. The van der Waals surface area contributed by atoms with E-state index in [9.17, 15) is 29.6 Å². The monoisotopic (exact) mass is 503 g/mol. The summed E-state index contributed by atoms with van der Waals surface area (Å²) in [5.41, 5.74) is -2.72. The van der Waals surface area contributed by atoms with Gasteiger partial charge >= 0.3 is 11.9 Å². The predicted molar refractivity (Wildman–Crippen MR) is 133 cm³/mol. The molecule has 1 atom stereocenters. The minimum atomic E-state index is -2.37. The zero-order valence-corrected chi connectivity index (χ0v) is 19.7. The number of anilines is 2. The zero-order valence-electron chi connectivity index (χ0n) is 19.7. The van der Waals surface area contributed by atoms with Gasteiger partial charge in [0.15, 0.2) is 0 Å². The Labute approximate surface area is 210 Å². The van der Waals surface area contributed by atoms with Gasteiger partial charge in [0.1, 0.15) is 17.1 Å². The highest BCUT2D eigenvalue weighted by Gasteiger charge is 2.63. The number of esters is 1. The number of rotatable bonds is 7. The lowest BCUT2D eigenvalue weighted by atomic mass is 9.94. The molecule has 4 rings (SSSR count). The number of methoxy groups -OCH3 is 2. The molecule has 2 N–H and O–H groups in total. The first-order valence-electron chi connectivity index (χ1n) is 10.9. The number of ketones is 1. The van der Waals surface area contributed by atoms with E-state index < -0.39 is 39.6 Å². The third-order valence-corrected chi connectivity index (χ3v) is 5.82. The molecule has 1 aliphatic heterocycles. The zero-order chi connectivity index (χ0) is 26.7. The van der Waals surface area contributed by atoms with E-state index in [1.807, 2.05) is 0 Å². The van der Waals surface area contributed by atoms with Crippen LogP contribution in [-0.4, -0.2) is 47.6 Å². The largest absolute Gasteiger partial charge is 0.507 e. The fourth-order valence-corrected chi connectivity index (χ4v) is 4.08. The van der Waals surface area contributed by atoms with Crippen molar-refractivity contribution in [2.24, 2.45) is 0 Å². The molecule has 3 aromatic carbocycles. The summed E-state index contributed by atoms with van der Waals surface area (Å²) in [6.07, 6.45) is 0. The molecule has 0 aromatic heterocycles. The van der Waals surface area contributed by atoms with Crippen molar-refractivity contribution in [3.8, 4) is 5.75 Å². The Balaban J connectivity index is 2.01. The third-order valence-electron chi connectivity index (χ3n) is 5.82. The number of nitro groups is 1. The maximum absolute atomic E-state index is 13.6. The fourth-order valence-electron chi connectivity index (χ4n) is 4.08. The topological polar surface area (TPSA) is 148 Å². The van der Waals surface area contributed by atoms with Crippen molar-refractivity contribution in [1.29, 1.82) is 0 Å². The van der Waals surface area contributed by atoms with Crippen LogP contribution in [0.15, 0.2) is 84.4 Å². The van der Waals surface area contributed by atoms with Gasteiger partial charge in [0.25, 0.3) is 17.1 Å². The number of Topliss-reactive ketones (excluding diaryl/α,β-unsaturated/α-hetero) is 1. The fraction of sp³-hybridized carbons (Fsp3) is 0.115. The highest BCUT2D eigenvalue weighted by atomic mass is 16.6. The molecule has 1 amide bonds. The first kappa shape index (κ1) is 24.9. The molecule has 0 bridgehead atoms. The van der Waals surface area contributed by atoms with Crippen LogP contribution in [0.3, 0.4) is 0 Å². The van der Waals surface area contributed by atoms with Crippen LogP contribution >= 0.6 is 0 Å². The molecule has 1 aliphatic rings. The summed E-state index contributed by atoms with van der Waals surface area (Å²) in [5, 5.41) is 25.2. The van der Waals surface area contributed by atoms with Crippen molar-refractivity contribution < 1.29 is 33.9 Å². The number of non-ortho nitro benzene ring substituents is 1. The lowest BCUT2D eigenvalue weighted by molar-refractivity contribution is -0.384. The average Bonchev–Trinajstić information content (AvgIpc) is 3.15. The summed E-state index contributed by atoms with van der Waals surface area (Å²) in [4.78, 5) is 51.8. The van der Waals surface area contributed by atoms with Crippen molar-refractivity contribution in [2.75, 3.05) is 24.4 Å². The maximum Gasteiger partial charge on any atom is 0.358 e. The molecule has 1 fully saturated rings. The number of ether oxygens (including phenoxy) is 2. The van der Waals surface area contributed by atoms with E-state index in [2.05, 4.69) is 5.32 Å². The minimum absolute atomic E-state index is 0.120. The second-order valence-electron chi connectivity index (χ2n) is 7.89. The molecule has 3 aromatic rings. The lowest BCUT2D eigenvalue weighted by Crippen LogP contribution is -2.59. The Kier molecular flexibility index (Phi) is 6.61. The second kappa shape index (κ2) is 9.82. The summed E-state index contributed by atoms with van der Waals surface area (Å²) in [5.74, 6) is -3.50. The lowest BCUT2D eigenvalue weighted by Gasteiger charge is -2.37. The average molecular weight is 503 g/mol. The molecule has 1 saturated heterocycles. The van der Waals surface area contributed by atoms with Gasteiger partial charge in [-0.05, 0) is 36.4 Å². The van der Waals surface area contributed by atoms with E-state index in [0.717, 1.165) is 12.0 Å². The Bertz CT molecular complexity index is 1400. The number of carbonyl (C=O) groups is 3.